The minimum Gasteiger partial charge on any atom is -0.507 e. The summed E-state index contributed by atoms with van der Waals surface area (Å²) in [5.41, 5.74) is -1.07. The Morgan fingerprint density at radius 1 is 1.25 bits per heavy atom. The molecule has 0 fully saturated rings. The van der Waals surface area contributed by atoms with Crippen LogP contribution in [0.3, 0.4) is 0 Å². The van der Waals surface area contributed by atoms with Crippen molar-refractivity contribution in [2.45, 2.75) is 12.0 Å². The molecule has 0 saturated carbocycles. The molecule has 0 saturated heterocycles. The summed E-state index contributed by atoms with van der Waals surface area (Å²) in [5.74, 6) is -1.87. The Kier molecular flexibility index (Phi) is 3.72. The van der Waals surface area contributed by atoms with Crippen LogP contribution in [0.15, 0.2) is 48.1 Å². The van der Waals surface area contributed by atoms with E-state index in [0.29, 0.717) is 5.56 Å². The van der Waals surface area contributed by atoms with Gasteiger partial charge in [-0.2, -0.15) is 0 Å². The number of aliphatic carboxylic acids is 1. The lowest BCUT2D eigenvalue weighted by Crippen LogP contribution is -2.43. The van der Waals surface area contributed by atoms with E-state index in [4.69, 9.17) is 9.84 Å². The minimum absolute atomic E-state index is 0.0881. The zero-order chi connectivity index (χ0) is 14.8. The number of benzene rings is 1. The number of ether oxygens (including phenoxy) is 1. The first-order chi connectivity index (χ1) is 9.50. The number of carbonyl (C=O) groups is 2. The van der Waals surface area contributed by atoms with Gasteiger partial charge in [-0.3, -0.25) is 4.79 Å². The molecule has 0 radical (unpaired) electrons. The fourth-order valence-electron chi connectivity index (χ4n) is 2.04. The van der Waals surface area contributed by atoms with Crippen LogP contribution in [0.4, 0.5) is 0 Å². The fraction of sp³-hybridized carbons (Fsp3) is 0.200. The first kappa shape index (κ1) is 14.0. The molecule has 0 heterocycles. The molecule has 1 unspecified atom stereocenters. The van der Waals surface area contributed by atoms with Gasteiger partial charge in [-0.25, -0.2) is 4.79 Å². The molecule has 0 aromatic heterocycles. The van der Waals surface area contributed by atoms with Crippen molar-refractivity contribution in [2.24, 2.45) is 0 Å². The quantitative estimate of drug-likeness (QED) is 0.650. The van der Waals surface area contributed by atoms with E-state index in [2.05, 4.69) is 0 Å². The molecule has 1 aliphatic rings. The zero-order valence-corrected chi connectivity index (χ0v) is 10.9. The Morgan fingerprint density at radius 2 is 1.90 bits per heavy atom. The van der Waals surface area contributed by atoms with E-state index in [1.165, 1.54) is 19.3 Å². The van der Waals surface area contributed by atoms with Crippen molar-refractivity contribution < 1.29 is 24.5 Å². The standard InChI is InChI=1S/C15H14O5/c1-20-15(14(18)19)8-7-11(12(16)9-15)13(17)10-5-3-2-4-6-10/h2-8,17H,9H2,1H3,(H,18,19). The molecule has 0 amide bonds. The van der Waals surface area contributed by atoms with Crippen molar-refractivity contribution in [1.29, 1.82) is 0 Å². The molecule has 2 rings (SSSR count). The number of allylic oxidation sites excluding steroid dienone is 2. The molecule has 1 atom stereocenters. The summed E-state index contributed by atoms with van der Waals surface area (Å²) in [7, 11) is 1.23. The van der Waals surface area contributed by atoms with Gasteiger partial charge in [-0.1, -0.05) is 30.3 Å². The Balaban J connectivity index is 2.45. The molecule has 20 heavy (non-hydrogen) atoms. The highest BCUT2D eigenvalue weighted by Crippen LogP contribution is 2.29. The largest absolute Gasteiger partial charge is 0.507 e. The smallest absolute Gasteiger partial charge is 0.340 e. The van der Waals surface area contributed by atoms with Crippen LogP contribution in [-0.2, 0) is 14.3 Å². The predicted molar refractivity (Wildman–Crippen MR) is 72.1 cm³/mol. The van der Waals surface area contributed by atoms with Gasteiger partial charge in [0.05, 0.1) is 12.0 Å². The zero-order valence-electron chi connectivity index (χ0n) is 10.9. The third-order valence-corrected chi connectivity index (χ3v) is 3.27. The maximum absolute atomic E-state index is 12.1. The van der Waals surface area contributed by atoms with E-state index >= 15 is 0 Å². The lowest BCUT2D eigenvalue weighted by Gasteiger charge is -2.27. The second-order valence-corrected chi connectivity index (χ2v) is 4.46. The van der Waals surface area contributed by atoms with Crippen molar-refractivity contribution in [2.75, 3.05) is 7.11 Å². The van der Waals surface area contributed by atoms with Crippen molar-refractivity contribution in [3.05, 3.63) is 53.6 Å². The van der Waals surface area contributed by atoms with E-state index in [9.17, 15) is 14.7 Å². The summed E-state index contributed by atoms with van der Waals surface area (Å²) in [6.07, 6.45) is 2.23. The summed E-state index contributed by atoms with van der Waals surface area (Å²) in [6, 6.07) is 8.59. The van der Waals surface area contributed by atoms with Gasteiger partial charge in [-0.05, 0) is 12.2 Å². The van der Waals surface area contributed by atoms with Crippen LogP contribution in [-0.4, -0.2) is 34.7 Å². The summed E-state index contributed by atoms with van der Waals surface area (Å²) in [5, 5.41) is 19.3. The molecule has 0 aliphatic heterocycles. The molecule has 1 aliphatic carbocycles. The third kappa shape index (κ3) is 2.35. The number of carboxylic acids is 1. The maximum atomic E-state index is 12.1. The van der Waals surface area contributed by atoms with Crippen molar-refractivity contribution >= 4 is 17.5 Å². The van der Waals surface area contributed by atoms with Gasteiger partial charge in [-0.15, -0.1) is 0 Å². The highest BCUT2D eigenvalue weighted by atomic mass is 16.5. The number of ketones is 1. The number of methoxy groups -OCH3 is 1. The third-order valence-electron chi connectivity index (χ3n) is 3.27. The highest BCUT2D eigenvalue weighted by molar-refractivity contribution is 6.08. The van der Waals surface area contributed by atoms with E-state index in [1.54, 1.807) is 30.3 Å². The first-order valence-electron chi connectivity index (χ1n) is 6.00. The number of Topliss-reactive ketones (excluding diaryl/α,β-unsaturated/α-hetero) is 1. The molecule has 5 nitrogen and oxygen atoms in total. The van der Waals surface area contributed by atoms with E-state index in [-0.39, 0.29) is 17.8 Å². The molecule has 1 aromatic rings. The van der Waals surface area contributed by atoms with Crippen LogP contribution in [0, 0.1) is 0 Å². The van der Waals surface area contributed by atoms with Gasteiger partial charge in [0.2, 0.25) is 0 Å². The lowest BCUT2D eigenvalue weighted by atomic mass is 9.86. The van der Waals surface area contributed by atoms with Crippen molar-refractivity contribution in [3.8, 4) is 0 Å². The molecule has 0 bridgehead atoms. The minimum atomic E-state index is -1.66. The molecule has 104 valence electrons. The van der Waals surface area contributed by atoms with Gasteiger partial charge in [0.25, 0.3) is 0 Å². The molecule has 1 aromatic carbocycles. The number of hydrogen-bond acceptors (Lipinski definition) is 4. The monoisotopic (exact) mass is 274 g/mol. The van der Waals surface area contributed by atoms with Gasteiger partial charge in [0.15, 0.2) is 11.4 Å². The van der Waals surface area contributed by atoms with Gasteiger partial charge < -0.3 is 14.9 Å². The molecular formula is C15H14O5. The number of hydrogen-bond donors (Lipinski definition) is 2. The SMILES string of the molecule is COC1(C(=O)O)C=CC(=C(O)c2ccccc2)C(=O)C1. The van der Waals surface area contributed by atoms with Crippen molar-refractivity contribution in [1.82, 2.24) is 0 Å². The number of carboxylic acid groups (broad SMARTS) is 1. The van der Waals surface area contributed by atoms with Crippen LogP contribution in [0.25, 0.3) is 5.76 Å². The summed E-state index contributed by atoms with van der Waals surface area (Å²) < 4.78 is 4.93. The topological polar surface area (TPSA) is 83.8 Å². The summed E-state index contributed by atoms with van der Waals surface area (Å²) in [6.45, 7) is 0. The van der Waals surface area contributed by atoms with Crippen LogP contribution in [0.2, 0.25) is 0 Å². The summed E-state index contributed by atoms with van der Waals surface area (Å²) >= 11 is 0. The number of aliphatic hydroxyl groups is 1. The van der Waals surface area contributed by atoms with Crippen LogP contribution in [0.5, 0.6) is 0 Å². The van der Waals surface area contributed by atoms with Crippen LogP contribution < -0.4 is 0 Å². The Bertz CT molecular complexity index is 600. The second kappa shape index (κ2) is 5.30. The summed E-state index contributed by atoms with van der Waals surface area (Å²) in [4.78, 5) is 23.3. The molecule has 2 N–H and O–H groups in total. The Hall–Kier alpha value is -2.40. The van der Waals surface area contributed by atoms with Gasteiger partial charge in [0.1, 0.15) is 5.76 Å². The van der Waals surface area contributed by atoms with Crippen LogP contribution >= 0.6 is 0 Å². The lowest BCUT2D eigenvalue weighted by molar-refractivity contribution is -0.159. The maximum Gasteiger partial charge on any atom is 0.340 e. The normalized spacial score (nSPS) is 24.6. The van der Waals surface area contributed by atoms with Crippen molar-refractivity contribution in [3.63, 3.8) is 0 Å². The number of carbonyl (C=O) groups excluding carboxylic acids is 1. The highest BCUT2D eigenvalue weighted by Gasteiger charge is 2.42. The fourth-order valence-corrected chi connectivity index (χ4v) is 2.04. The average Bonchev–Trinajstić information content (AvgIpc) is 2.47. The van der Waals surface area contributed by atoms with Gasteiger partial charge in [0, 0.05) is 12.7 Å². The molecule has 0 spiro atoms. The number of rotatable bonds is 3. The molecule has 5 heteroatoms. The predicted octanol–water partition coefficient (Wildman–Crippen LogP) is 1.95. The van der Waals surface area contributed by atoms with E-state index in [1.807, 2.05) is 0 Å². The van der Waals surface area contributed by atoms with E-state index < -0.39 is 17.4 Å². The Labute approximate surface area is 115 Å². The molecular weight excluding hydrogens is 260 g/mol. The van der Waals surface area contributed by atoms with Crippen LogP contribution in [0.1, 0.15) is 12.0 Å². The van der Waals surface area contributed by atoms with E-state index in [0.717, 1.165) is 0 Å². The second-order valence-electron chi connectivity index (χ2n) is 4.46. The average molecular weight is 274 g/mol. The first-order valence-corrected chi connectivity index (χ1v) is 6.00. The Morgan fingerprint density at radius 3 is 2.40 bits per heavy atom. The van der Waals surface area contributed by atoms with Gasteiger partial charge >= 0.3 is 5.97 Å². The number of aliphatic hydroxyl groups excluding tert-OH is 1.